The van der Waals surface area contributed by atoms with Crippen molar-refractivity contribution in [2.24, 2.45) is 0 Å². The Kier molecular flexibility index (Phi) is 5.57. The van der Waals surface area contributed by atoms with Crippen molar-refractivity contribution in [3.8, 4) is 0 Å². The molecule has 1 saturated heterocycles. The van der Waals surface area contributed by atoms with Crippen LogP contribution in [0.1, 0.15) is 36.2 Å². The fraction of sp³-hybridized carbons (Fsp3) is 0.667. The average molecular weight is 295 g/mol. The fourth-order valence-electron chi connectivity index (χ4n) is 2.65. The summed E-state index contributed by atoms with van der Waals surface area (Å²) in [6, 6.07) is 4.26. The van der Waals surface area contributed by atoms with Crippen LogP contribution in [0.15, 0.2) is 12.1 Å². The van der Waals surface area contributed by atoms with E-state index in [4.69, 9.17) is 0 Å². The largest absolute Gasteiger partial charge is 0.321 e. The lowest BCUT2D eigenvalue weighted by Gasteiger charge is -2.25. The third-order valence-electron chi connectivity index (χ3n) is 3.88. The van der Waals surface area contributed by atoms with Gasteiger partial charge in [-0.1, -0.05) is 13.8 Å². The van der Waals surface area contributed by atoms with Crippen LogP contribution in [0.5, 0.6) is 0 Å². The van der Waals surface area contributed by atoms with Gasteiger partial charge in [-0.25, -0.2) is 0 Å². The quantitative estimate of drug-likeness (QED) is 0.838. The smallest absolute Gasteiger partial charge is 0.238 e. The second kappa shape index (κ2) is 7.20. The van der Waals surface area contributed by atoms with Crippen LogP contribution in [0.3, 0.4) is 0 Å². The first-order valence-corrected chi connectivity index (χ1v) is 8.28. The van der Waals surface area contributed by atoms with Crippen LogP contribution in [0.25, 0.3) is 0 Å². The Balaban J connectivity index is 1.92. The number of hydrogen-bond donors (Lipinski definition) is 1. The highest BCUT2D eigenvalue weighted by Gasteiger charge is 2.31. The van der Waals surface area contributed by atoms with Crippen LogP contribution >= 0.6 is 11.3 Å². The summed E-state index contributed by atoms with van der Waals surface area (Å²) in [4.78, 5) is 19.0. The summed E-state index contributed by atoms with van der Waals surface area (Å²) in [5, 5.41) is 3.33. The number of hydrogen-bond acceptors (Lipinski definition) is 4. The second-order valence-corrected chi connectivity index (χ2v) is 6.52. The molecule has 0 radical (unpaired) electrons. The van der Waals surface area contributed by atoms with E-state index in [-0.39, 0.29) is 12.1 Å². The Hall–Kier alpha value is -0.910. The van der Waals surface area contributed by atoms with Crippen molar-refractivity contribution in [1.82, 2.24) is 15.1 Å². The molecule has 1 aromatic rings. The maximum absolute atomic E-state index is 12.0. The molecule has 5 heteroatoms. The number of carbonyl (C=O) groups excluding carboxylic acids is 1. The van der Waals surface area contributed by atoms with Crippen molar-refractivity contribution in [2.75, 3.05) is 32.7 Å². The summed E-state index contributed by atoms with van der Waals surface area (Å²) in [7, 11) is 0. The van der Waals surface area contributed by atoms with Crippen LogP contribution < -0.4 is 5.32 Å². The minimum absolute atomic E-state index is 0.0814. The molecule has 0 aromatic carbocycles. The maximum Gasteiger partial charge on any atom is 0.238 e. The lowest BCUT2D eigenvalue weighted by atomic mass is 10.3. The molecule has 0 saturated carbocycles. The van der Waals surface area contributed by atoms with Crippen LogP contribution in [0.2, 0.25) is 0 Å². The molecular weight excluding hydrogens is 270 g/mol. The summed E-state index contributed by atoms with van der Waals surface area (Å²) < 4.78 is 0. The molecule has 0 spiro atoms. The first-order chi connectivity index (χ1) is 9.65. The summed E-state index contributed by atoms with van der Waals surface area (Å²) in [5.41, 5.74) is 0. The molecule has 1 fully saturated rings. The van der Waals surface area contributed by atoms with Crippen molar-refractivity contribution in [3.05, 3.63) is 21.9 Å². The van der Waals surface area contributed by atoms with Crippen LogP contribution in [-0.2, 0) is 4.79 Å². The van der Waals surface area contributed by atoms with Crippen molar-refractivity contribution >= 4 is 17.2 Å². The maximum atomic E-state index is 12.0. The molecule has 1 aliphatic heterocycles. The number of thiophene rings is 1. The van der Waals surface area contributed by atoms with Gasteiger partial charge < -0.3 is 9.80 Å². The number of rotatable bonds is 7. The summed E-state index contributed by atoms with van der Waals surface area (Å²) in [5.74, 6) is 0.223. The summed E-state index contributed by atoms with van der Waals surface area (Å²) >= 11 is 1.77. The number of nitrogens with zero attached hydrogens (tertiary/aromatic N) is 2. The molecule has 20 heavy (non-hydrogen) atoms. The van der Waals surface area contributed by atoms with E-state index in [9.17, 15) is 4.79 Å². The zero-order chi connectivity index (χ0) is 14.5. The predicted octanol–water partition coefficient (Wildman–Crippen LogP) is 2.22. The number of nitrogens with one attached hydrogen (secondary N) is 1. The van der Waals surface area contributed by atoms with E-state index >= 15 is 0 Å². The molecule has 1 unspecified atom stereocenters. The molecular formula is C15H25N3OS. The van der Waals surface area contributed by atoms with Gasteiger partial charge in [0, 0.05) is 16.3 Å². The van der Waals surface area contributed by atoms with Gasteiger partial charge >= 0.3 is 0 Å². The van der Waals surface area contributed by atoms with E-state index in [0.29, 0.717) is 6.54 Å². The fourth-order valence-corrected chi connectivity index (χ4v) is 3.62. The Morgan fingerprint density at radius 2 is 2.15 bits per heavy atom. The lowest BCUT2D eigenvalue weighted by molar-refractivity contribution is -0.128. The molecule has 112 valence electrons. The molecule has 0 bridgehead atoms. The summed E-state index contributed by atoms with van der Waals surface area (Å²) in [6.45, 7) is 11.0. The first kappa shape index (κ1) is 15.5. The highest BCUT2D eigenvalue weighted by molar-refractivity contribution is 7.12. The number of amides is 1. The molecule has 0 aliphatic carbocycles. The van der Waals surface area contributed by atoms with Crippen molar-refractivity contribution in [1.29, 1.82) is 0 Å². The van der Waals surface area contributed by atoms with E-state index in [1.165, 1.54) is 9.75 Å². The van der Waals surface area contributed by atoms with Gasteiger partial charge in [-0.05, 0) is 45.1 Å². The van der Waals surface area contributed by atoms with Gasteiger partial charge in [0.2, 0.25) is 5.91 Å². The average Bonchev–Trinajstić information content (AvgIpc) is 3.02. The minimum atomic E-state index is 0.0814. The van der Waals surface area contributed by atoms with Gasteiger partial charge in [0.1, 0.15) is 6.17 Å². The van der Waals surface area contributed by atoms with Gasteiger partial charge in [0.15, 0.2) is 0 Å². The second-order valence-electron chi connectivity index (χ2n) is 5.20. The van der Waals surface area contributed by atoms with Crippen LogP contribution in [0, 0.1) is 6.92 Å². The van der Waals surface area contributed by atoms with Crippen molar-refractivity contribution in [3.63, 3.8) is 0 Å². The van der Waals surface area contributed by atoms with Gasteiger partial charge in [-0.3, -0.25) is 10.1 Å². The molecule has 4 nitrogen and oxygen atoms in total. The van der Waals surface area contributed by atoms with E-state index in [2.05, 4.69) is 43.1 Å². The van der Waals surface area contributed by atoms with Gasteiger partial charge in [0.05, 0.1) is 6.54 Å². The Bertz CT molecular complexity index is 442. The Labute approximate surface area is 125 Å². The topological polar surface area (TPSA) is 35.6 Å². The summed E-state index contributed by atoms with van der Waals surface area (Å²) in [6.07, 6.45) is 1.12. The molecule has 2 heterocycles. The highest BCUT2D eigenvalue weighted by Crippen LogP contribution is 2.28. The number of aryl methyl sites for hydroxylation is 1. The molecule has 1 N–H and O–H groups in total. The molecule has 1 amide bonds. The van der Waals surface area contributed by atoms with E-state index < -0.39 is 0 Å². The molecule has 1 aliphatic rings. The molecule has 2 rings (SSSR count). The van der Waals surface area contributed by atoms with E-state index in [0.717, 1.165) is 32.6 Å². The monoisotopic (exact) mass is 295 g/mol. The standard InChI is InChI=1S/C15H25N3OS/c1-4-17(5-2)9-6-10-18-14(19)11-16-15(18)13-8-7-12(3)20-13/h7-8,15-16H,4-6,9-11H2,1-3H3. The third kappa shape index (κ3) is 3.59. The van der Waals surface area contributed by atoms with Crippen LogP contribution in [0.4, 0.5) is 0 Å². The SMILES string of the molecule is CCN(CC)CCCN1C(=O)CNC1c1ccc(C)s1. The molecule has 1 atom stereocenters. The molecule has 1 aromatic heterocycles. The lowest BCUT2D eigenvalue weighted by Crippen LogP contribution is -2.33. The highest BCUT2D eigenvalue weighted by atomic mass is 32.1. The van der Waals surface area contributed by atoms with Crippen molar-refractivity contribution in [2.45, 2.75) is 33.4 Å². The van der Waals surface area contributed by atoms with E-state index in [1.54, 1.807) is 11.3 Å². The van der Waals surface area contributed by atoms with Gasteiger partial charge in [-0.2, -0.15) is 0 Å². The minimum Gasteiger partial charge on any atom is -0.321 e. The van der Waals surface area contributed by atoms with Gasteiger partial charge in [0.25, 0.3) is 0 Å². The zero-order valence-corrected chi connectivity index (χ0v) is 13.5. The van der Waals surface area contributed by atoms with Gasteiger partial charge in [-0.15, -0.1) is 11.3 Å². The Morgan fingerprint density at radius 3 is 2.75 bits per heavy atom. The zero-order valence-electron chi connectivity index (χ0n) is 12.7. The normalized spacial score (nSPS) is 19.3. The number of carbonyl (C=O) groups is 1. The Morgan fingerprint density at radius 1 is 1.40 bits per heavy atom. The third-order valence-corrected chi connectivity index (χ3v) is 4.93. The first-order valence-electron chi connectivity index (χ1n) is 7.47. The van der Waals surface area contributed by atoms with E-state index in [1.807, 2.05) is 4.90 Å². The van der Waals surface area contributed by atoms with Crippen molar-refractivity contribution < 1.29 is 4.79 Å². The predicted molar refractivity (Wildman–Crippen MR) is 83.9 cm³/mol. The van der Waals surface area contributed by atoms with Crippen LogP contribution in [-0.4, -0.2) is 48.4 Å².